The Balaban J connectivity index is 2.19. The molecule has 254 valence electrons. The number of hydrogen-bond acceptors (Lipinski definition) is 4. The van der Waals surface area contributed by atoms with E-state index in [1.54, 1.807) is 0 Å². The number of halogens is 18. The Labute approximate surface area is 242 Å². The zero-order chi connectivity index (χ0) is 35.6. The maximum absolute atomic E-state index is 13.7. The fourth-order valence-corrected chi connectivity index (χ4v) is 3.96. The Hall–Kier alpha value is -4.40. The van der Waals surface area contributed by atoms with Gasteiger partial charge in [0.15, 0.2) is 0 Å². The second-order valence-electron chi connectivity index (χ2n) is 8.83. The van der Waals surface area contributed by atoms with Crippen molar-refractivity contribution in [3.05, 3.63) is 69.8 Å². The molecule has 0 radical (unpaired) electrons. The minimum Gasteiger partial charge on any atom is -0.457 e. The topological polar surface area (TPSA) is 70.5 Å². The molecule has 3 rings (SSSR count). The molecule has 22 heteroatoms. The summed E-state index contributed by atoms with van der Waals surface area (Å²) < 4.78 is 252. The van der Waals surface area contributed by atoms with Crippen molar-refractivity contribution in [2.45, 2.75) is 37.1 Å². The molecule has 3 aromatic carbocycles. The number of ether oxygens (including phenoxy) is 2. The summed E-state index contributed by atoms with van der Waals surface area (Å²) in [6.07, 6.45) is -35.9. The van der Waals surface area contributed by atoms with Crippen LogP contribution in [0.4, 0.5) is 90.4 Å². The standard InChI is InChI=1S/C24H10F18N2O2/c25-19(26,27)9-5-11(13(21(31,32)33)15(17(9)43)23(37,38)39)45-7-1-2-8(4-3-7)46-12-6-10(20(28,29)30)18(44)16(24(40,41)42)14(12)22(34,35)36/h1-6H,43-44H2. The van der Waals surface area contributed by atoms with Gasteiger partial charge in [0.25, 0.3) is 0 Å². The third-order valence-electron chi connectivity index (χ3n) is 5.69. The highest BCUT2D eigenvalue weighted by molar-refractivity contribution is 5.67. The lowest BCUT2D eigenvalue weighted by molar-refractivity contribution is -0.163. The molecule has 0 aromatic heterocycles. The van der Waals surface area contributed by atoms with Crippen molar-refractivity contribution in [1.29, 1.82) is 0 Å². The van der Waals surface area contributed by atoms with Gasteiger partial charge in [0, 0.05) is 0 Å². The number of alkyl halides is 18. The molecule has 3 aromatic rings. The molecule has 4 nitrogen and oxygen atoms in total. The summed E-state index contributed by atoms with van der Waals surface area (Å²) in [6.45, 7) is 0. The molecule has 0 fully saturated rings. The monoisotopic (exact) mass is 700 g/mol. The SMILES string of the molecule is Nc1c(C(F)(F)F)cc(Oc2ccc(Oc3cc(C(F)(F)F)c(N)c(C(F)(F)F)c3C(F)(F)F)cc2)c(C(F)(F)F)c1C(F)(F)F. The van der Waals surface area contributed by atoms with Gasteiger partial charge >= 0.3 is 37.1 Å². The van der Waals surface area contributed by atoms with Gasteiger partial charge < -0.3 is 20.9 Å². The van der Waals surface area contributed by atoms with Crippen LogP contribution in [-0.2, 0) is 37.1 Å². The van der Waals surface area contributed by atoms with E-state index in [0.717, 1.165) is 0 Å². The fraction of sp³-hybridized carbons (Fsp3) is 0.250. The number of rotatable bonds is 4. The number of nitrogen functional groups attached to an aromatic ring is 2. The van der Waals surface area contributed by atoms with Crippen LogP contribution in [0.3, 0.4) is 0 Å². The molecule has 0 saturated carbocycles. The van der Waals surface area contributed by atoms with Gasteiger partial charge in [0.2, 0.25) is 0 Å². The first kappa shape index (κ1) is 36.1. The van der Waals surface area contributed by atoms with Crippen molar-refractivity contribution >= 4 is 11.4 Å². The van der Waals surface area contributed by atoms with Crippen molar-refractivity contribution in [1.82, 2.24) is 0 Å². The minimum absolute atomic E-state index is 0.340. The summed E-state index contributed by atoms with van der Waals surface area (Å²) in [7, 11) is 0. The maximum Gasteiger partial charge on any atom is 0.420 e. The van der Waals surface area contributed by atoms with Crippen LogP contribution in [0.2, 0.25) is 0 Å². The molecule has 0 bridgehead atoms. The maximum atomic E-state index is 13.7. The number of nitrogens with two attached hydrogens (primary N) is 2. The molecule has 0 aliphatic carbocycles. The second-order valence-corrected chi connectivity index (χ2v) is 8.83. The smallest absolute Gasteiger partial charge is 0.420 e. The molecule has 0 amide bonds. The zero-order valence-electron chi connectivity index (χ0n) is 21.2. The average molecular weight is 700 g/mol. The van der Waals surface area contributed by atoms with E-state index in [2.05, 4.69) is 9.47 Å². The fourth-order valence-electron chi connectivity index (χ4n) is 3.96. The first-order chi connectivity index (χ1) is 20.5. The molecule has 0 aliphatic heterocycles. The lowest BCUT2D eigenvalue weighted by Crippen LogP contribution is -2.23. The highest BCUT2D eigenvalue weighted by Crippen LogP contribution is 2.54. The average Bonchev–Trinajstić information content (AvgIpc) is 2.82. The molecule has 4 N–H and O–H groups in total. The van der Waals surface area contributed by atoms with Gasteiger partial charge in [-0.25, -0.2) is 0 Å². The summed E-state index contributed by atoms with van der Waals surface area (Å²) in [5.74, 6) is -6.36. The van der Waals surface area contributed by atoms with E-state index in [0.29, 0.717) is 24.3 Å². The molecule has 0 spiro atoms. The largest absolute Gasteiger partial charge is 0.457 e. The summed E-state index contributed by atoms with van der Waals surface area (Å²) in [5.41, 5.74) is -11.5. The van der Waals surface area contributed by atoms with E-state index >= 15 is 0 Å². The Morgan fingerprint density at radius 3 is 0.804 bits per heavy atom. The molecular weight excluding hydrogens is 690 g/mol. The molecular formula is C24H10F18N2O2. The number of anilines is 2. The van der Waals surface area contributed by atoms with Crippen molar-refractivity contribution in [2.24, 2.45) is 0 Å². The van der Waals surface area contributed by atoms with Crippen LogP contribution in [0, 0.1) is 0 Å². The lowest BCUT2D eigenvalue weighted by Gasteiger charge is -2.24. The van der Waals surface area contributed by atoms with E-state index in [-0.39, 0.29) is 0 Å². The zero-order valence-corrected chi connectivity index (χ0v) is 21.2. The van der Waals surface area contributed by atoms with Crippen LogP contribution in [0.15, 0.2) is 36.4 Å². The van der Waals surface area contributed by atoms with E-state index < -0.39 is 117 Å². The first-order valence-electron chi connectivity index (χ1n) is 11.3. The predicted octanol–water partition coefficient (Wildman–Crippen LogP) is 10.5. The van der Waals surface area contributed by atoms with Gasteiger partial charge in [-0.05, 0) is 36.4 Å². The van der Waals surface area contributed by atoms with Crippen LogP contribution in [0.5, 0.6) is 23.0 Å². The van der Waals surface area contributed by atoms with Gasteiger partial charge in [-0.3, -0.25) is 0 Å². The minimum atomic E-state index is -6.13. The summed E-state index contributed by atoms with van der Waals surface area (Å²) in [5, 5.41) is 0. The Morgan fingerprint density at radius 1 is 0.370 bits per heavy atom. The highest BCUT2D eigenvalue weighted by atomic mass is 19.4. The van der Waals surface area contributed by atoms with Gasteiger partial charge in [0.1, 0.15) is 34.1 Å². The van der Waals surface area contributed by atoms with Gasteiger partial charge in [-0.15, -0.1) is 0 Å². The molecule has 0 atom stereocenters. The van der Waals surface area contributed by atoms with Gasteiger partial charge in [0.05, 0.1) is 33.6 Å². The highest BCUT2D eigenvalue weighted by Gasteiger charge is 2.52. The van der Waals surface area contributed by atoms with Crippen LogP contribution in [-0.4, -0.2) is 0 Å². The Morgan fingerprint density at radius 2 is 0.609 bits per heavy atom. The Bertz CT molecular complexity index is 1490. The van der Waals surface area contributed by atoms with Crippen LogP contribution in [0.25, 0.3) is 0 Å². The van der Waals surface area contributed by atoms with Crippen LogP contribution < -0.4 is 20.9 Å². The normalized spacial score (nSPS) is 13.6. The lowest BCUT2D eigenvalue weighted by atomic mass is 9.98. The van der Waals surface area contributed by atoms with Gasteiger partial charge in [-0.1, -0.05) is 0 Å². The molecule has 0 saturated heterocycles. The van der Waals surface area contributed by atoms with Crippen LogP contribution in [0.1, 0.15) is 33.4 Å². The van der Waals surface area contributed by atoms with Crippen LogP contribution >= 0.6 is 0 Å². The first-order valence-corrected chi connectivity index (χ1v) is 11.3. The summed E-state index contributed by atoms with van der Waals surface area (Å²) in [4.78, 5) is 0. The number of hydrogen-bond donors (Lipinski definition) is 2. The van der Waals surface area contributed by atoms with Gasteiger partial charge in [-0.2, -0.15) is 79.0 Å². The second kappa shape index (κ2) is 11.1. The van der Waals surface area contributed by atoms with E-state index in [4.69, 9.17) is 11.5 Å². The molecule has 0 unspecified atom stereocenters. The predicted molar refractivity (Wildman–Crippen MR) is 118 cm³/mol. The molecule has 46 heavy (non-hydrogen) atoms. The Kier molecular flexibility index (Phi) is 8.74. The third-order valence-corrected chi connectivity index (χ3v) is 5.69. The van der Waals surface area contributed by atoms with E-state index in [1.807, 2.05) is 0 Å². The van der Waals surface area contributed by atoms with Crippen molar-refractivity contribution in [2.75, 3.05) is 11.5 Å². The van der Waals surface area contributed by atoms with Crippen molar-refractivity contribution < 1.29 is 88.5 Å². The summed E-state index contributed by atoms with van der Waals surface area (Å²) >= 11 is 0. The molecule has 0 heterocycles. The third kappa shape index (κ3) is 7.35. The summed E-state index contributed by atoms with van der Waals surface area (Å²) in [6, 6.07) is 0.301. The molecule has 0 aliphatic rings. The van der Waals surface area contributed by atoms with E-state index in [9.17, 15) is 79.0 Å². The number of benzene rings is 3. The van der Waals surface area contributed by atoms with E-state index in [1.165, 1.54) is 0 Å². The van der Waals surface area contributed by atoms with Crippen molar-refractivity contribution in [3.8, 4) is 23.0 Å². The quantitative estimate of drug-likeness (QED) is 0.210. The van der Waals surface area contributed by atoms with Crippen molar-refractivity contribution in [3.63, 3.8) is 0 Å².